The van der Waals surface area contributed by atoms with Crippen LogP contribution in [0.3, 0.4) is 0 Å². The van der Waals surface area contributed by atoms with E-state index in [4.69, 9.17) is 9.47 Å². The fraction of sp³-hybridized carbons (Fsp3) is 0.216. The van der Waals surface area contributed by atoms with E-state index in [2.05, 4.69) is 17.2 Å². The molecule has 0 saturated carbocycles. The number of hydrogen-bond acceptors (Lipinski definition) is 7. The second-order valence-electron chi connectivity index (χ2n) is 11.8. The van der Waals surface area contributed by atoms with E-state index in [0.717, 1.165) is 5.56 Å². The molecule has 5 rings (SSSR count). The molecule has 0 aromatic heterocycles. The Kier molecular flexibility index (Phi) is 10.4. The van der Waals surface area contributed by atoms with Gasteiger partial charge in [0.2, 0.25) is 5.91 Å². The number of anilines is 2. The highest BCUT2D eigenvalue weighted by Crippen LogP contribution is 2.41. The fourth-order valence-electron chi connectivity index (χ4n) is 5.54. The summed E-state index contributed by atoms with van der Waals surface area (Å²) in [6.45, 7) is 8.42. The Morgan fingerprint density at radius 3 is 2.24 bits per heavy atom. The van der Waals surface area contributed by atoms with Gasteiger partial charge in [0, 0.05) is 60.7 Å². The molecule has 1 atom stereocenters. The molecule has 1 aliphatic heterocycles. The lowest BCUT2D eigenvalue weighted by atomic mass is 9.97. The van der Waals surface area contributed by atoms with Gasteiger partial charge in [-0.25, -0.2) is 22.4 Å². The van der Waals surface area contributed by atoms with E-state index in [-0.39, 0.29) is 42.0 Å². The highest BCUT2D eigenvalue weighted by Gasteiger charge is 2.31. The van der Waals surface area contributed by atoms with E-state index in [0.29, 0.717) is 40.5 Å². The van der Waals surface area contributed by atoms with E-state index in [1.807, 2.05) is 18.9 Å². The number of hydrogen-bond donors (Lipinski definition) is 2. The van der Waals surface area contributed by atoms with Crippen molar-refractivity contribution in [2.45, 2.75) is 46.5 Å². The number of fused-ring (bicyclic) bond motifs is 1. The van der Waals surface area contributed by atoms with Gasteiger partial charge in [0.15, 0.2) is 0 Å². The summed E-state index contributed by atoms with van der Waals surface area (Å²) < 4.78 is 67.8. The highest BCUT2D eigenvalue weighted by molar-refractivity contribution is 5.95. The van der Waals surface area contributed by atoms with Crippen LogP contribution in [0.4, 0.5) is 33.7 Å². The lowest BCUT2D eigenvalue weighted by Crippen LogP contribution is -2.39. The molecule has 2 N–H and O–H groups in total. The van der Waals surface area contributed by atoms with Crippen molar-refractivity contribution in [1.29, 1.82) is 0 Å². The van der Waals surface area contributed by atoms with Crippen LogP contribution in [-0.4, -0.2) is 29.9 Å². The fourth-order valence-corrected chi connectivity index (χ4v) is 5.54. The summed E-state index contributed by atoms with van der Waals surface area (Å²) in [5, 5.41) is 5.11. The van der Waals surface area contributed by atoms with E-state index in [9.17, 15) is 27.6 Å². The number of nitrogens with zero attached hydrogens (tertiary/aromatic N) is 2. The second-order valence-corrected chi connectivity index (χ2v) is 11.8. The highest BCUT2D eigenvalue weighted by atomic mass is 19.1. The second kappa shape index (κ2) is 14.7. The molecule has 4 aromatic rings. The van der Waals surface area contributed by atoms with Crippen molar-refractivity contribution in [3.63, 3.8) is 0 Å². The minimum absolute atomic E-state index is 0.0650. The average molecular weight is 691 g/mol. The third-order valence-corrected chi connectivity index (χ3v) is 8.50. The van der Waals surface area contributed by atoms with Gasteiger partial charge in [-0.2, -0.15) is 0 Å². The summed E-state index contributed by atoms with van der Waals surface area (Å²) in [4.78, 5) is 40.5. The van der Waals surface area contributed by atoms with Crippen LogP contribution < -0.4 is 20.3 Å². The molecule has 0 unspecified atom stereocenters. The van der Waals surface area contributed by atoms with Crippen LogP contribution in [0.15, 0.2) is 79.1 Å². The Morgan fingerprint density at radius 1 is 0.900 bits per heavy atom. The third-order valence-electron chi connectivity index (χ3n) is 8.50. The molecule has 0 spiro atoms. The Hall–Kier alpha value is -5.85. The van der Waals surface area contributed by atoms with E-state index in [1.54, 1.807) is 54.3 Å². The van der Waals surface area contributed by atoms with Gasteiger partial charge in [0.25, 0.3) is 5.91 Å². The lowest BCUT2D eigenvalue weighted by Gasteiger charge is -2.43. The summed E-state index contributed by atoms with van der Waals surface area (Å²) in [5.74, 6) is -4.19. The van der Waals surface area contributed by atoms with Crippen molar-refractivity contribution in [2.75, 3.05) is 17.3 Å². The molecule has 0 fully saturated rings. The third kappa shape index (κ3) is 7.72. The maximum absolute atomic E-state index is 15.4. The predicted molar refractivity (Wildman–Crippen MR) is 178 cm³/mol. The molecular weight excluding hydrogens is 656 g/mol. The van der Waals surface area contributed by atoms with Gasteiger partial charge in [0.1, 0.15) is 41.4 Å². The number of benzene rings is 4. The first-order valence-corrected chi connectivity index (χ1v) is 15.5. The van der Waals surface area contributed by atoms with Crippen molar-refractivity contribution >= 4 is 29.3 Å². The van der Waals surface area contributed by atoms with Crippen LogP contribution in [0.1, 0.15) is 58.1 Å². The zero-order valence-corrected chi connectivity index (χ0v) is 27.7. The SMILES string of the molecule is C=C1N(Cc2c(F)ccc(OC(=O)OCc3ccc(NC(C)=O)cc3)c2C)c2cc(C(=O)NCc3c(F)cc(F)cc3F)ccc2[C@H](C)N1C. The number of amides is 2. The molecule has 1 aliphatic rings. The lowest BCUT2D eigenvalue weighted by molar-refractivity contribution is -0.114. The molecule has 9 nitrogen and oxygen atoms in total. The summed E-state index contributed by atoms with van der Waals surface area (Å²) >= 11 is 0. The van der Waals surface area contributed by atoms with Gasteiger partial charge in [0.05, 0.1) is 12.6 Å². The Labute approximate surface area is 286 Å². The number of carbonyl (C=O) groups excluding carboxylic acids is 3. The minimum atomic E-state index is -1.13. The largest absolute Gasteiger partial charge is 0.514 e. The standard InChI is InChI=1S/C37H34F4N4O5/c1-20-30(31(39)12-13-35(20)50-37(48)49-19-24-6-9-27(10-7-24)43-22(3)46)18-45-23(4)44(5)21(2)28-11-8-25(14-34(28)45)36(47)42-17-29-32(40)15-26(38)16-33(29)41/h6-16,21H,4,17-19H2,1-3,5H3,(H,42,47)(H,43,46)/t21-/m0/s1. The van der Waals surface area contributed by atoms with Gasteiger partial charge in [-0.1, -0.05) is 24.8 Å². The van der Waals surface area contributed by atoms with E-state index < -0.39 is 47.4 Å². The summed E-state index contributed by atoms with van der Waals surface area (Å²) in [5.41, 5.74) is 2.77. The molecule has 0 saturated heterocycles. The molecule has 0 radical (unpaired) electrons. The number of rotatable bonds is 9. The van der Waals surface area contributed by atoms with Crippen molar-refractivity contribution in [3.05, 3.63) is 136 Å². The van der Waals surface area contributed by atoms with Crippen LogP contribution in [-0.2, 0) is 29.2 Å². The first-order chi connectivity index (χ1) is 23.7. The number of nitrogens with one attached hydrogen (secondary N) is 2. The normalized spacial score (nSPS) is 13.8. The minimum Gasteiger partial charge on any atom is -0.429 e. The van der Waals surface area contributed by atoms with Crippen molar-refractivity contribution < 1.29 is 41.4 Å². The van der Waals surface area contributed by atoms with Crippen molar-refractivity contribution in [2.24, 2.45) is 0 Å². The zero-order valence-electron chi connectivity index (χ0n) is 27.7. The Balaban J connectivity index is 1.34. The van der Waals surface area contributed by atoms with E-state index in [1.165, 1.54) is 19.1 Å². The van der Waals surface area contributed by atoms with Crippen LogP contribution in [0.5, 0.6) is 5.75 Å². The molecule has 0 aliphatic carbocycles. The summed E-state index contributed by atoms with van der Waals surface area (Å²) in [7, 11) is 1.82. The molecular formula is C37H34F4N4O5. The van der Waals surface area contributed by atoms with Gasteiger partial charge in [-0.05, 0) is 66.9 Å². The predicted octanol–water partition coefficient (Wildman–Crippen LogP) is 7.64. The number of halogens is 4. The quantitative estimate of drug-likeness (QED) is 0.106. The first-order valence-electron chi connectivity index (χ1n) is 15.5. The Bertz CT molecular complexity index is 1960. The molecule has 50 heavy (non-hydrogen) atoms. The smallest absolute Gasteiger partial charge is 0.429 e. The molecule has 260 valence electrons. The molecule has 4 aromatic carbocycles. The maximum Gasteiger partial charge on any atom is 0.514 e. The van der Waals surface area contributed by atoms with Gasteiger partial charge >= 0.3 is 6.16 Å². The summed E-state index contributed by atoms with van der Waals surface area (Å²) in [6, 6.07) is 14.9. The topological polar surface area (TPSA) is 100 Å². The van der Waals surface area contributed by atoms with Crippen LogP contribution >= 0.6 is 0 Å². The zero-order chi connectivity index (χ0) is 36.3. The van der Waals surface area contributed by atoms with E-state index >= 15 is 4.39 Å². The Morgan fingerprint density at radius 2 is 1.58 bits per heavy atom. The number of carbonyl (C=O) groups is 3. The monoisotopic (exact) mass is 690 g/mol. The molecule has 2 amide bonds. The van der Waals surface area contributed by atoms with Gasteiger partial charge in [-0.3, -0.25) is 9.59 Å². The molecule has 13 heteroatoms. The maximum atomic E-state index is 15.4. The van der Waals surface area contributed by atoms with Gasteiger partial charge < -0.3 is 29.9 Å². The van der Waals surface area contributed by atoms with Crippen LogP contribution in [0.25, 0.3) is 0 Å². The van der Waals surface area contributed by atoms with Crippen LogP contribution in [0.2, 0.25) is 0 Å². The van der Waals surface area contributed by atoms with Crippen molar-refractivity contribution in [3.8, 4) is 5.75 Å². The molecule has 0 bridgehead atoms. The average Bonchev–Trinajstić information content (AvgIpc) is 3.07. The molecule has 1 heterocycles. The first kappa shape index (κ1) is 35.5. The van der Waals surface area contributed by atoms with Crippen molar-refractivity contribution in [1.82, 2.24) is 10.2 Å². The number of ether oxygens (including phenoxy) is 2. The van der Waals surface area contributed by atoms with Gasteiger partial charge in [-0.15, -0.1) is 0 Å². The summed E-state index contributed by atoms with van der Waals surface area (Å²) in [6.07, 6.45) is -1.01. The van der Waals surface area contributed by atoms with Crippen LogP contribution in [0, 0.1) is 30.2 Å².